The Morgan fingerprint density at radius 3 is 2.82 bits per heavy atom. The fourth-order valence-electron chi connectivity index (χ4n) is 2.85. The van der Waals surface area contributed by atoms with Crippen LogP contribution in [0.25, 0.3) is 0 Å². The number of carbonyl (C=O) groups excluding carboxylic acids is 1. The molecule has 1 amide bonds. The van der Waals surface area contributed by atoms with E-state index in [0.717, 1.165) is 31.5 Å². The number of carbonyl (C=O) groups is 1. The zero-order valence-corrected chi connectivity index (χ0v) is 13.0. The molecule has 0 saturated heterocycles. The van der Waals surface area contributed by atoms with Crippen LogP contribution in [0.1, 0.15) is 55.3 Å². The van der Waals surface area contributed by atoms with Crippen LogP contribution in [0.4, 0.5) is 11.4 Å². The van der Waals surface area contributed by atoms with Crippen LogP contribution in [0.3, 0.4) is 0 Å². The average molecular weight is 299 g/mol. The lowest BCUT2D eigenvalue weighted by atomic mass is 9.97. The Balaban J connectivity index is 1.52. The molecule has 4 nitrogen and oxygen atoms in total. The molecule has 4 heteroatoms. The Kier molecular flexibility index (Phi) is 4.66. The number of hydrogen-bond donors (Lipinski definition) is 3. The molecule has 0 atom stereocenters. The van der Waals surface area contributed by atoms with Crippen molar-refractivity contribution >= 4 is 17.3 Å². The Morgan fingerprint density at radius 1 is 1.27 bits per heavy atom. The largest absolute Gasteiger partial charge is 0.397 e. The van der Waals surface area contributed by atoms with Crippen LogP contribution >= 0.6 is 0 Å². The normalized spacial score (nSPS) is 17.7. The van der Waals surface area contributed by atoms with Gasteiger partial charge in [-0.15, -0.1) is 0 Å². The summed E-state index contributed by atoms with van der Waals surface area (Å²) in [4.78, 5) is 12.0. The van der Waals surface area contributed by atoms with Crippen LogP contribution < -0.4 is 16.4 Å². The zero-order valence-electron chi connectivity index (χ0n) is 13.0. The van der Waals surface area contributed by atoms with Gasteiger partial charge in [-0.25, -0.2) is 0 Å². The first-order valence-electron chi connectivity index (χ1n) is 8.34. The van der Waals surface area contributed by atoms with Crippen molar-refractivity contribution in [2.45, 2.75) is 51.0 Å². The standard InChI is InChI=1S/C18H25N3O/c19-16-12-14(18(22)21-15-7-8-15)6-9-17(16)20-11-10-13-4-2-1-3-5-13/h4,6,9,12,15,20H,1-3,5,7-8,10-11,19H2,(H,21,22). The van der Waals surface area contributed by atoms with Gasteiger partial charge in [0.2, 0.25) is 0 Å². The van der Waals surface area contributed by atoms with Crippen molar-refractivity contribution in [2.24, 2.45) is 0 Å². The summed E-state index contributed by atoms with van der Waals surface area (Å²) in [5, 5.41) is 6.36. The smallest absolute Gasteiger partial charge is 0.251 e. The number of nitrogens with one attached hydrogen (secondary N) is 2. The average Bonchev–Trinajstić information content (AvgIpc) is 3.34. The van der Waals surface area contributed by atoms with Gasteiger partial charge in [0.15, 0.2) is 0 Å². The number of amides is 1. The van der Waals surface area contributed by atoms with E-state index in [1.807, 2.05) is 12.1 Å². The van der Waals surface area contributed by atoms with Crippen molar-refractivity contribution < 1.29 is 4.79 Å². The molecule has 1 fully saturated rings. The van der Waals surface area contributed by atoms with Crippen LogP contribution in [0, 0.1) is 0 Å². The molecule has 3 rings (SSSR count). The summed E-state index contributed by atoms with van der Waals surface area (Å²) in [6.45, 7) is 0.893. The number of nitrogens with two attached hydrogens (primary N) is 1. The molecule has 2 aliphatic rings. The molecule has 1 saturated carbocycles. The Bertz CT molecular complexity index is 576. The summed E-state index contributed by atoms with van der Waals surface area (Å²) >= 11 is 0. The van der Waals surface area contributed by atoms with Crippen LogP contribution in [0.15, 0.2) is 29.8 Å². The number of rotatable bonds is 6. The summed E-state index contributed by atoms with van der Waals surface area (Å²) in [7, 11) is 0. The molecule has 4 N–H and O–H groups in total. The second-order valence-corrected chi connectivity index (χ2v) is 6.33. The third-order valence-corrected chi connectivity index (χ3v) is 4.37. The molecule has 1 aromatic rings. The van der Waals surface area contributed by atoms with E-state index in [0.29, 0.717) is 17.3 Å². The predicted octanol–water partition coefficient (Wildman–Crippen LogP) is 3.46. The lowest BCUT2D eigenvalue weighted by Gasteiger charge is -2.14. The summed E-state index contributed by atoms with van der Waals surface area (Å²) in [5.41, 5.74) is 9.82. The maximum Gasteiger partial charge on any atom is 0.251 e. The Labute approximate surface area is 132 Å². The number of hydrogen-bond acceptors (Lipinski definition) is 3. The van der Waals surface area contributed by atoms with Crippen molar-refractivity contribution in [1.82, 2.24) is 5.32 Å². The van der Waals surface area contributed by atoms with Gasteiger partial charge in [0, 0.05) is 18.2 Å². The number of anilines is 2. The van der Waals surface area contributed by atoms with E-state index in [2.05, 4.69) is 16.7 Å². The van der Waals surface area contributed by atoms with Crippen molar-refractivity contribution in [1.29, 1.82) is 0 Å². The molecule has 0 aromatic heterocycles. The van der Waals surface area contributed by atoms with Crippen LogP contribution in [-0.2, 0) is 0 Å². The molecule has 0 radical (unpaired) electrons. The van der Waals surface area contributed by atoms with Gasteiger partial charge in [0.25, 0.3) is 5.91 Å². The monoisotopic (exact) mass is 299 g/mol. The third-order valence-electron chi connectivity index (χ3n) is 4.37. The van der Waals surface area contributed by atoms with Gasteiger partial charge >= 0.3 is 0 Å². The number of nitrogen functional groups attached to an aromatic ring is 1. The minimum absolute atomic E-state index is 0.0203. The lowest BCUT2D eigenvalue weighted by Crippen LogP contribution is -2.25. The van der Waals surface area contributed by atoms with Gasteiger partial charge in [0.05, 0.1) is 11.4 Å². The maximum atomic E-state index is 12.0. The quantitative estimate of drug-likeness (QED) is 0.556. The van der Waals surface area contributed by atoms with Gasteiger partial charge in [-0.2, -0.15) is 0 Å². The summed E-state index contributed by atoms with van der Waals surface area (Å²) in [6.07, 6.45) is 10.7. The van der Waals surface area contributed by atoms with E-state index < -0.39 is 0 Å². The minimum atomic E-state index is -0.0203. The third kappa shape index (κ3) is 4.03. The van der Waals surface area contributed by atoms with Crippen molar-refractivity contribution in [2.75, 3.05) is 17.6 Å². The van der Waals surface area contributed by atoms with Gasteiger partial charge in [-0.3, -0.25) is 4.79 Å². The topological polar surface area (TPSA) is 67.2 Å². The van der Waals surface area contributed by atoms with Crippen molar-refractivity contribution in [3.05, 3.63) is 35.4 Å². The minimum Gasteiger partial charge on any atom is -0.397 e. The Morgan fingerprint density at radius 2 is 2.14 bits per heavy atom. The van der Waals surface area contributed by atoms with E-state index in [-0.39, 0.29) is 5.91 Å². The first-order valence-corrected chi connectivity index (χ1v) is 8.34. The van der Waals surface area contributed by atoms with E-state index >= 15 is 0 Å². The summed E-state index contributed by atoms with van der Waals surface area (Å²) in [5.74, 6) is -0.0203. The SMILES string of the molecule is Nc1cc(C(=O)NC2CC2)ccc1NCCC1=CCCCC1. The van der Waals surface area contributed by atoms with Crippen molar-refractivity contribution in [3.63, 3.8) is 0 Å². The molecule has 0 aliphatic heterocycles. The van der Waals surface area contributed by atoms with E-state index in [1.165, 1.54) is 25.7 Å². The van der Waals surface area contributed by atoms with E-state index in [4.69, 9.17) is 5.73 Å². The molecular weight excluding hydrogens is 274 g/mol. The first-order chi connectivity index (χ1) is 10.7. The molecule has 0 bridgehead atoms. The molecule has 2 aliphatic carbocycles. The zero-order chi connectivity index (χ0) is 15.4. The second-order valence-electron chi connectivity index (χ2n) is 6.33. The van der Waals surface area contributed by atoms with Gasteiger partial charge in [-0.1, -0.05) is 11.6 Å². The molecule has 1 aromatic carbocycles. The number of allylic oxidation sites excluding steroid dienone is 1. The molecule has 0 heterocycles. The van der Waals surface area contributed by atoms with Crippen LogP contribution in [-0.4, -0.2) is 18.5 Å². The highest BCUT2D eigenvalue weighted by Crippen LogP contribution is 2.24. The molecular formula is C18H25N3O. The Hall–Kier alpha value is -1.97. The maximum absolute atomic E-state index is 12.0. The van der Waals surface area contributed by atoms with Crippen molar-refractivity contribution in [3.8, 4) is 0 Å². The van der Waals surface area contributed by atoms with Crippen LogP contribution in [0.5, 0.6) is 0 Å². The van der Waals surface area contributed by atoms with Gasteiger partial charge in [-0.05, 0) is 63.1 Å². The van der Waals surface area contributed by atoms with Crippen LogP contribution in [0.2, 0.25) is 0 Å². The van der Waals surface area contributed by atoms with E-state index in [9.17, 15) is 4.79 Å². The predicted molar refractivity (Wildman–Crippen MR) is 91.0 cm³/mol. The molecule has 118 valence electrons. The highest BCUT2D eigenvalue weighted by Gasteiger charge is 2.23. The highest BCUT2D eigenvalue weighted by atomic mass is 16.1. The second kappa shape index (κ2) is 6.86. The number of benzene rings is 1. The fourth-order valence-corrected chi connectivity index (χ4v) is 2.85. The first kappa shape index (κ1) is 14.9. The highest BCUT2D eigenvalue weighted by molar-refractivity contribution is 5.96. The lowest BCUT2D eigenvalue weighted by molar-refractivity contribution is 0.0951. The molecule has 0 unspecified atom stereocenters. The molecule has 0 spiro atoms. The van der Waals surface area contributed by atoms with Gasteiger partial charge in [0.1, 0.15) is 0 Å². The fraction of sp³-hybridized carbons (Fsp3) is 0.500. The van der Waals surface area contributed by atoms with E-state index in [1.54, 1.807) is 11.6 Å². The van der Waals surface area contributed by atoms with Gasteiger partial charge < -0.3 is 16.4 Å². The molecule has 22 heavy (non-hydrogen) atoms. The summed E-state index contributed by atoms with van der Waals surface area (Å²) < 4.78 is 0. The summed E-state index contributed by atoms with van der Waals surface area (Å²) in [6, 6.07) is 5.89.